The highest BCUT2D eigenvalue weighted by Gasteiger charge is 2.40. The molecular formula is C18H24N2O4S. The van der Waals surface area contributed by atoms with Crippen LogP contribution in [0, 0.1) is 28.6 Å². The van der Waals surface area contributed by atoms with Gasteiger partial charge in [-0.2, -0.15) is 10.5 Å². The van der Waals surface area contributed by atoms with E-state index in [1.807, 2.05) is 0 Å². The van der Waals surface area contributed by atoms with E-state index in [-0.39, 0.29) is 21.8 Å². The van der Waals surface area contributed by atoms with Gasteiger partial charge >= 0.3 is 5.97 Å². The summed E-state index contributed by atoms with van der Waals surface area (Å²) in [6, 6.07) is 3.42. The number of carbonyl (C=O) groups is 1. The van der Waals surface area contributed by atoms with E-state index >= 15 is 0 Å². The van der Waals surface area contributed by atoms with E-state index in [2.05, 4.69) is 6.92 Å². The van der Waals surface area contributed by atoms with Gasteiger partial charge in [0.15, 0.2) is 9.84 Å². The Morgan fingerprint density at radius 1 is 1.16 bits per heavy atom. The van der Waals surface area contributed by atoms with Crippen LogP contribution in [-0.4, -0.2) is 25.2 Å². The average Bonchev–Trinajstić information content (AvgIpc) is 2.79. The van der Waals surface area contributed by atoms with Gasteiger partial charge in [-0.15, -0.1) is 0 Å². The first-order chi connectivity index (χ1) is 11.9. The maximum atomic E-state index is 12.3. The second kappa shape index (κ2) is 10.0. The Morgan fingerprint density at radius 2 is 1.72 bits per heavy atom. The number of hydrogen-bond donors (Lipinski definition) is 1. The number of aliphatic carboxylic acids is 1. The molecule has 0 radical (unpaired) electrons. The third kappa shape index (κ3) is 6.03. The van der Waals surface area contributed by atoms with Gasteiger partial charge in [0.25, 0.3) is 0 Å². The number of sulfone groups is 1. The first kappa shape index (κ1) is 20.9. The molecule has 0 aromatic rings. The monoisotopic (exact) mass is 364 g/mol. The van der Waals surface area contributed by atoms with Crippen molar-refractivity contribution in [3.8, 4) is 12.1 Å². The van der Waals surface area contributed by atoms with Crippen molar-refractivity contribution in [2.75, 3.05) is 5.75 Å². The summed E-state index contributed by atoms with van der Waals surface area (Å²) in [4.78, 5) is 10.6. The Bertz CT molecular complexity index is 720. The zero-order chi connectivity index (χ0) is 18.9. The van der Waals surface area contributed by atoms with E-state index < -0.39 is 21.7 Å². The van der Waals surface area contributed by atoms with Gasteiger partial charge in [0, 0.05) is 17.6 Å². The van der Waals surface area contributed by atoms with E-state index in [4.69, 9.17) is 15.6 Å². The molecule has 0 aliphatic carbocycles. The number of carboxylic acids is 1. The fraction of sp³-hybridized carbons (Fsp3) is 0.611. The Morgan fingerprint density at radius 3 is 2.24 bits per heavy atom. The van der Waals surface area contributed by atoms with Crippen molar-refractivity contribution < 1.29 is 18.3 Å². The molecule has 25 heavy (non-hydrogen) atoms. The summed E-state index contributed by atoms with van der Waals surface area (Å²) < 4.78 is 24.6. The third-order valence-electron chi connectivity index (χ3n) is 4.33. The van der Waals surface area contributed by atoms with Crippen LogP contribution in [-0.2, 0) is 14.6 Å². The van der Waals surface area contributed by atoms with Crippen LogP contribution < -0.4 is 0 Å². The smallest absolute Gasteiger partial charge is 0.329 e. The molecule has 7 heteroatoms. The number of unbranched alkanes of at least 4 members (excludes halogenated alkanes) is 6. The zero-order valence-corrected chi connectivity index (χ0v) is 15.3. The molecule has 1 fully saturated rings. The Hall–Kier alpha value is -2.12. The zero-order valence-electron chi connectivity index (χ0n) is 14.5. The molecule has 1 heterocycles. The van der Waals surface area contributed by atoms with Crippen LogP contribution in [0.15, 0.2) is 22.1 Å². The predicted octanol–water partition coefficient (Wildman–Crippen LogP) is 3.48. The molecule has 1 N–H and O–H groups in total. The lowest BCUT2D eigenvalue weighted by Gasteiger charge is -2.10. The lowest BCUT2D eigenvalue weighted by molar-refractivity contribution is -0.131. The molecule has 0 saturated carbocycles. The van der Waals surface area contributed by atoms with Crippen molar-refractivity contribution in [3.05, 3.63) is 22.1 Å². The van der Waals surface area contributed by atoms with Crippen LogP contribution in [0.3, 0.4) is 0 Å². The number of hydrogen-bond acceptors (Lipinski definition) is 5. The Balaban J connectivity index is 2.89. The molecule has 1 aliphatic rings. The van der Waals surface area contributed by atoms with Crippen molar-refractivity contribution in [2.24, 2.45) is 5.92 Å². The fourth-order valence-electron chi connectivity index (χ4n) is 3.13. The van der Waals surface area contributed by atoms with Crippen molar-refractivity contribution in [1.29, 1.82) is 10.5 Å². The number of allylic oxidation sites excluding steroid dienone is 2. The first-order valence-electron chi connectivity index (χ1n) is 8.59. The van der Waals surface area contributed by atoms with Crippen molar-refractivity contribution in [2.45, 2.75) is 58.3 Å². The molecule has 6 nitrogen and oxygen atoms in total. The third-order valence-corrected chi connectivity index (χ3v) is 6.18. The summed E-state index contributed by atoms with van der Waals surface area (Å²) in [5.74, 6) is -2.12. The topological polar surface area (TPSA) is 119 Å². The van der Waals surface area contributed by atoms with Gasteiger partial charge in [0.1, 0.15) is 17.7 Å². The summed E-state index contributed by atoms with van der Waals surface area (Å²) in [5, 5.41) is 27.2. The lowest BCUT2D eigenvalue weighted by atomic mass is 9.91. The summed E-state index contributed by atoms with van der Waals surface area (Å²) in [7, 11) is -3.78. The van der Waals surface area contributed by atoms with Crippen molar-refractivity contribution in [1.82, 2.24) is 0 Å². The van der Waals surface area contributed by atoms with Gasteiger partial charge in [-0.25, -0.2) is 13.2 Å². The molecule has 1 unspecified atom stereocenters. The minimum absolute atomic E-state index is 0.0818. The van der Waals surface area contributed by atoms with E-state index in [1.165, 1.54) is 19.3 Å². The highest BCUT2D eigenvalue weighted by molar-refractivity contribution is 7.95. The highest BCUT2D eigenvalue weighted by atomic mass is 32.2. The Labute approximate surface area is 149 Å². The molecule has 1 aliphatic heterocycles. The number of rotatable bonds is 9. The highest BCUT2D eigenvalue weighted by Crippen LogP contribution is 2.40. The summed E-state index contributed by atoms with van der Waals surface area (Å²) >= 11 is 0. The van der Waals surface area contributed by atoms with Crippen molar-refractivity contribution in [3.63, 3.8) is 0 Å². The minimum atomic E-state index is -3.78. The first-order valence-corrected chi connectivity index (χ1v) is 10.2. The molecule has 1 rings (SSSR count). The van der Waals surface area contributed by atoms with Crippen molar-refractivity contribution >= 4 is 15.8 Å². The van der Waals surface area contributed by atoms with E-state index in [0.29, 0.717) is 12.5 Å². The van der Waals surface area contributed by atoms with Crippen LogP contribution in [0.5, 0.6) is 0 Å². The molecule has 0 spiro atoms. The van der Waals surface area contributed by atoms with Gasteiger partial charge < -0.3 is 5.11 Å². The number of nitrogens with zero attached hydrogens (tertiary/aromatic N) is 2. The molecule has 0 amide bonds. The van der Waals surface area contributed by atoms with E-state index in [9.17, 15) is 13.2 Å². The van der Waals surface area contributed by atoms with E-state index in [0.717, 1.165) is 25.7 Å². The lowest BCUT2D eigenvalue weighted by Crippen LogP contribution is -2.06. The van der Waals surface area contributed by atoms with E-state index in [1.54, 1.807) is 12.1 Å². The largest absolute Gasteiger partial charge is 0.478 e. The summed E-state index contributed by atoms with van der Waals surface area (Å²) in [6.45, 7) is 2.15. The minimum Gasteiger partial charge on any atom is -0.478 e. The summed E-state index contributed by atoms with van der Waals surface area (Å²) in [5.41, 5.74) is -0.222. The van der Waals surface area contributed by atoms with Crippen LogP contribution in [0.1, 0.15) is 58.3 Å². The molecule has 1 atom stereocenters. The van der Waals surface area contributed by atoms with Gasteiger partial charge in [-0.1, -0.05) is 51.9 Å². The second-order valence-corrected chi connectivity index (χ2v) is 8.25. The molecule has 0 aromatic carbocycles. The fourth-order valence-corrected chi connectivity index (χ4v) is 5.06. The second-order valence-electron chi connectivity index (χ2n) is 6.25. The van der Waals surface area contributed by atoms with Gasteiger partial charge in [0.05, 0.1) is 10.7 Å². The maximum Gasteiger partial charge on any atom is 0.329 e. The number of carboxylic acid groups (broad SMARTS) is 1. The maximum absolute atomic E-state index is 12.3. The SMILES string of the molecule is CCCCCCCCCC1CS(=O)(=O)/C(=C\C(=O)O)C1=C(C#N)C#N. The van der Waals surface area contributed by atoms with Crippen LogP contribution >= 0.6 is 0 Å². The number of nitriles is 2. The summed E-state index contributed by atoms with van der Waals surface area (Å²) in [6.07, 6.45) is 8.68. The molecule has 1 saturated heterocycles. The van der Waals surface area contributed by atoms with Gasteiger partial charge in [-0.05, 0) is 6.42 Å². The Kier molecular flexibility index (Phi) is 8.37. The van der Waals surface area contributed by atoms with Crippen LogP contribution in [0.4, 0.5) is 0 Å². The average molecular weight is 364 g/mol. The van der Waals surface area contributed by atoms with Crippen LogP contribution in [0.2, 0.25) is 0 Å². The normalized spacial score (nSPS) is 20.2. The van der Waals surface area contributed by atoms with Gasteiger partial charge in [-0.3, -0.25) is 0 Å². The molecular weight excluding hydrogens is 340 g/mol. The molecule has 0 bridgehead atoms. The van der Waals surface area contributed by atoms with Crippen LogP contribution in [0.25, 0.3) is 0 Å². The quantitative estimate of drug-likeness (QED) is 0.380. The predicted molar refractivity (Wildman–Crippen MR) is 93.9 cm³/mol. The molecule has 0 aromatic heterocycles. The standard InChI is InChI=1S/C18H24N2O4S/c1-2-3-4-5-6-7-8-9-14-13-25(23,24)16(10-17(21)22)18(14)15(11-19)12-20/h10,14H,2-9,13H2,1H3,(H,21,22)/b16-10-. The van der Waals surface area contributed by atoms with Gasteiger partial charge in [0.2, 0.25) is 0 Å². The molecule has 136 valence electrons.